The quantitative estimate of drug-likeness (QED) is 0.413. The molecule has 2 N–H and O–H groups in total. The number of alkyl halides is 2. The van der Waals surface area contributed by atoms with Crippen LogP contribution in [0.3, 0.4) is 0 Å². The molecule has 0 radical (unpaired) electrons. The number of hydroxylamine groups is 2. The topological polar surface area (TPSA) is 117 Å². The molecule has 0 saturated carbocycles. The van der Waals surface area contributed by atoms with Gasteiger partial charge in [-0.3, -0.25) is 19.5 Å². The van der Waals surface area contributed by atoms with Gasteiger partial charge in [-0.1, -0.05) is 12.1 Å². The number of nitrogens with one attached hydrogen (secondary N) is 1. The van der Waals surface area contributed by atoms with E-state index in [2.05, 4.69) is 10.3 Å². The van der Waals surface area contributed by atoms with Crippen molar-refractivity contribution in [3.8, 4) is 0 Å². The lowest BCUT2D eigenvalue weighted by Crippen LogP contribution is -2.46. The molecule has 0 unspecified atom stereocenters. The summed E-state index contributed by atoms with van der Waals surface area (Å²) >= 11 is 1.30. The summed E-state index contributed by atoms with van der Waals surface area (Å²) in [7, 11) is 1.21. The lowest BCUT2D eigenvalue weighted by molar-refractivity contribution is -0.186. The summed E-state index contributed by atoms with van der Waals surface area (Å²) in [6.07, 6.45) is 1.71. The maximum absolute atomic E-state index is 15.5. The van der Waals surface area contributed by atoms with E-state index in [4.69, 9.17) is 14.6 Å². The number of methoxy groups -OCH3 is 1. The van der Waals surface area contributed by atoms with Crippen LogP contribution in [0.5, 0.6) is 0 Å². The third-order valence-electron chi connectivity index (χ3n) is 8.07. The van der Waals surface area contributed by atoms with Crippen molar-refractivity contribution < 1.29 is 37.4 Å². The number of carboxylic acids is 1. The first kappa shape index (κ1) is 30.1. The number of benzene rings is 1. The van der Waals surface area contributed by atoms with Crippen LogP contribution >= 0.6 is 11.3 Å². The van der Waals surface area contributed by atoms with Crippen LogP contribution in [0, 0.1) is 18.2 Å². The lowest BCUT2D eigenvalue weighted by atomic mass is 9.89. The van der Waals surface area contributed by atoms with Gasteiger partial charge in [0.05, 0.1) is 37.3 Å². The minimum Gasteiger partial charge on any atom is -0.481 e. The molecular weight excluding hydrogens is 575 g/mol. The fourth-order valence-electron chi connectivity index (χ4n) is 5.56. The Morgan fingerprint density at radius 2 is 2.10 bits per heavy atom. The van der Waals surface area contributed by atoms with Crippen molar-refractivity contribution in [2.45, 2.75) is 51.2 Å². The van der Waals surface area contributed by atoms with Gasteiger partial charge in [-0.25, -0.2) is 22.9 Å². The number of hydrogen-bond donors (Lipinski definition) is 2. The summed E-state index contributed by atoms with van der Waals surface area (Å²) in [6, 6.07) is 1.48. The first-order chi connectivity index (χ1) is 19.8. The average molecular weight is 608 g/mol. The van der Waals surface area contributed by atoms with Gasteiger partial charge < -0.3 is 15.2 Å². The number of carbonyl (C=O) groups excluding carboxylic acids is 1. The van der Waals surface area contributed by atoms with E-state index in [1.165, 1.54) is 49.5 Å². The van der Waals surface area contributed by atoms with E-state index >= 15 is 8.78 Å². The van der Waals surface area contributed by atoms with Crippen molar-refractivity contribution in [2.24, 2.45) is 10.4 Å². The number of aliphatic imine (C=N–C) groups is 1. The van der Waals surface area contributed by atoms with Gasteiger partial charge in [-0.05, 0) is 44.4 Å². The third-order valence-corrected chi connectivity index (χ3v) is 8.85. The van der Waals surface area contributed by atoms with Gasteiger partial charge in [0, 0.05) is 30.4 Å². The highest BCUT2D eigenvalue weighted by Gasteiger charge is 2.61. The van der Waals surface area contributed by atoms with E-state index < -0.39 is 53.8 Å². The molecule has 0 aliphatic carbocycles. The molecule has 3 atom stereocenters. The second kappa shape index (κ2) is 11.4. The van der Waals surface area contributed by atoms with Crippen LogP contribution in [0.15, 0.2) is 46.0 Å². The molecule has 4 heterocycles. The van der Waals surface area contributed by atoms with Crippen molar-refractivity contribution in [3.63, 3.8) is 0 Å². The largest absolute Gasteiger partial charge is 0.481 e. The Morgan fingerprint density at radius 3 is 2.76 bits per heavy atom. The zero-order chi connectivity index (χ0) is 30.4. The number of carbonyl (C=O) groups is 2. The average Bonchev–Trinajstić information content (AvgIpc) is 3.67. The molecule has 0 amide bonds. The van der Waals surface area contributed by atoms with Crippen LogP contribution in [-0.4, -0.2) is 89.2 Å². The van der Waals surface area contributed by atoms with Gasteiger partial charge in [0.15, 0.2) is 10.8 Å². The van der Waals surface area contributed by atoms with Crippen molar-refractivity contribution in [1.82, 2.24) is 20.3 Å². The van der Waals surface area contributed by atoms with Crippen LogP contribution in [0.2, 0.25) is 0 Å². The number of esters is 1. The minimum atomic E-state index is -3.18. The molecule has 2 aromatic rings. The van der Waals surface area contributed by atoms with Gasteiger partial charge in [0.2, 0.25) is 0 Å². The van der Waals surface area contributed by atoms with Gasteiger partial charge in [-0.2, -0.15) is 5.06 Å². The highest BCUT2D eigenvalue weighted by Crippen LogP contribution is 2.42. The second-order valence-corrected chi connectivity index (χ2v) is 12.1. The molecule has 5 rings (SSSR count). The standard InChI is InChI=1S/C28H32F3N5O5S/c1-15-16(6-5-7-17(15)29)21-20(25(37)40-4)18(33-23(34-21)24-32-9-11-42-24)12-35-14-28(30,31)22-19(35)13-41-36(22)10-8-27(2,3)26(38)39/h5-7,9,11,19,21-22H,8,10,12-14H2,1-4H3,(H,33,34)(H,38,39)/t19-,21+,22+/m1/s1. The SMILES string of the molecule is COC(=O)C1=C(CN2CC(F)(F)[C@@H]3[C@H]2CON3CCC(C)(C)C(=O)O)NC(c2nccs2)=N[C@H]1c1cccc(F)c1C. The number of carboxylic acid groups (broad SMARTS) is 1. The zero-order valence-electron chi connectivity index (χ0n) is 23.6. The van der Waals surface area contributed by atoms with Crippen LogP contribution in [0.4, 0.5) is 13.2 Å². The summed E-state index contributed by atoms with van der Waals surface area (Å²) in [5.41, 5.74) is -0.0136. The van der Waals surface area contributed by atoms with E-state index in [0.717, 1.165) is 0 Å². The van der Waals surface area contributed by atoms with Crippen molar-refractivity contribution in [1.29, 1.82) is 0 Å². The van der Waals surface area contributed by atoms with Gasteiger partial charge in [-0.15, -0.1) is 11.3 Å². The molecule has 1 aromatic carbocycles. The molecule has 0 bridgehead atoms. The first-order valence-electron chi connectivity index (χ1n) is 13.4. The molecule has 42 heavy (non-hydrogen) atoms. The fourth-order valence-corrected chi connectivity index (χ4v) is 6.14. The summed E-state index contributed by atoms with van der Waals surface area (Å²) in [6.45, 7) is 3.92. The van der Waals surface area contributed by atoms with Crippen LogP contribution < -0.4 is 5.32 Å². The number of amidine groups is 1. The van der Waals surface area contributed by atoms with Gasteiger partial charge >= 0.3 is 11.9 Å². The molecule has 3 aliphatic rings. The number of fused-ring (bicyclic) bond motifs is 1. The second-order valence-electron chi connectivity index (χ2n) is 11.2. The highest BCUT2D eigenvalue weighted by molar-refractivity contribution is 7.11. The summed E-state index contributed by atoms with van der Waals surface area (Å²) in [5, 5.41) is 16.0. The Labute approximate surface area is 244 Å². The predicted molar refractivity (Wildman–Crippen MR) is 147 cm³/mol. The zero-order valence-corrected chi connectivity index (χ0v) is 24.4. The van der Waals surface area contributed by atoms with Crippen molar-refractivity contribution in [3.05, 3.63) is 63.0 Å². The normalized spacial score (nSPS) is 24.4. The third kappa shape index (κ3) is 5.55. The molecule has 1 aromatic heterocycles. The highest BCUT2D eigenvalue weighted by atomic mass is 32.1. The molecule has 2 saturated heterocycles. The Bertz CT molecular complexity index is 1430. The van der Waals surface area contributed by atoms with Gasteiger partial charge in [0.1, 0.15) is 17.9 Å². The minimum absolute atomic E-state index is 0.0139. The number of aromatic nitrogens is 1. The number of rotatable bonds is 9. The van der Waals surface area contributed by atoms with Crippen molar-refractivity contribution in [2.75, 3.05) is 33.4 Å². The smallest absolute Gasteiger partial charge is 0.338 e. The van der Waals surface area contributed by atoms with Crippen LogP contribution in [-0.2, 0) is 19.2 Å². The van der Waals surface area contributed by atoms with E-state index in [9.17, 15) is 19.1 Å². The number of likely N-dealkylation sites (tertiary alicyclic amines) is 1. The van der Waals surface area contributed by atoms with E-state index in [0.29, 0.717) is 22.0 Å². The number of hydrogen-bond acceptors (Lipinski definition) is 10. The molecule has 14 heteroatoms. The summed E-state index contributed by atoms with van der Waals surface area (Å²) in [5.74, 6) is -5.08. The molecule has 10 nitrogen and oxygen atoms in total. The predicted octanol–water partition coefficient (Wildman–Crippen LogP) is 3.55. The van der Waals surface area contributed by atoms with Crippen LogP contribution in [0.25, 0.3) is 0 Å². The van der Waals surface area contributed by atoms with E-state index in [1.54, 1.807) is 29.5 Å². The molecule has 226 valence electrons. The Balaban J connectivity index is 1.49. The maximum Gasteiger partial charge on any atom is 0.338 e. The first-order valence-corrected chi connectivity index (χ1v) is 14.3. The monoisotopic (exact) mass is 607 g/mol. The number of thiazole rings is 1. The van der Waals surface area contributed by atoms with Crippen LogP contribution in [0.1, 0.15) is 42.4 Å². The fraction of sp³-hybridized carbons (Fsp3) is 0.500. The number of aliphatic carboxylic acids is 1. The summed E-state index contributed by atoms with van der Waals surface area (Å²) in [4.78, 5) is 41.0. The molecule has 3 aliphatic heterocycles. The molecule has 2 fully saturated rings. The maximum atomic E-state index is 15.5. The number of nitrogens with zero attached hydrogens (tertiary/aromatic N) is 4. The Kier molecular flexibility index (Phi) is 8.18. The Hall–Kier alpha value is -3.33. The molecule has 0 spiro atoms. The summed E-state index contributed by atoms with van der Waals surface area (Å²) < 4.78 is 50.8. The van der Waals surface area contributed by atoms with Crippen molar-refractivity contribution >= 4 is 29.1 Å². The van der Waals surface area contributed by atoms with E-state index in [-0.39, 0.29) is 37.4 Å². The number of ether oxygens (including phenoxy) is 1. The van der Waals surface area contributed by atoms with E-state index in [1.807, 2.05) is 0 Å². The van der Waals surface area contributed by atoms with Gasteiger partial charge in [0.25, 0.3) is 5.92 Å². The Morgan fingerprint density at radius 1 is 1.33 bits per heavy atom. The number of halogens is 3. The lowest BCUT2D eigenvalue weighted by Gasteiger charge is -2.31. The molecular formula is C28H32F3N5O5S.